The summed E-state index contributed by atoms with van der Waals surface area (Å²) in [5.74, 6) is 2.85. The lowest BCUT2D eigenvalue weighted by Crippen LogP contribution is -2.29. The highest BCUT2D eigenvalue weighted by atomic mass is 32.2. The van der Waals surface area contributed by atoms with E-state index in [0.717, 1.165) is 40.2 Å². The summed E-state index contributed by atoms with van der Waals surface area (Å²) in [7, 11) is 0. The van der Waals surface area contributed by atoms with E-state index >= 15 is 0 Å². The molecule has 5 heteroatoms. The third-order valence-corrected chi connectivity index (χ3v) is 4.75. The van der Waals surface area contributed by atoms with Gasteiger partial charge in [0.15, 0.2) is 5.16 Å². The SMILES string of the molecule is CCOc1ccc2nc(SCCNC(C)C3CC3)[nH]c2c1. The number of fused-ring (bicyclic) bond motifs is 1. The van der Waals surface area contributed by atoms with Crippen LogP contribution in [-0.4, -0.2) is 34.9 Å². The van der Waals surface area contributed by atoms with Crippen molar-refractivity contribution in [3.05, 3.63) is 18.2 Å². The third kappa shape index (κ3) is 3.92. The van der Waals surface area contributed by atoms with Gasteiger partial charge >= 0.3 is 0 Å². The summed E-state index contributed by atoms with van der Waals surface area (Å²) in [6.07, 6.45) is 2.79. The van der Waals surface area contributed by atoms with Crippen molar-refractivity contribution in [2.45, 2.75) is 37.9 Å². The summed E-state index contributed by atoms with van der Waals surface area (Å²) in [6, 6.07) is 6.66. The van der Waals surface area contributed by atoms with E-state index in [1.807, 2.05) is 25.1 Å². The average molecular weight is 305 g/mol. The number of rotatable bonds is 8. The molecule has 1 aromatic heterocycles. The summed E-state index contributed by atoms with van der Waals surface area (Å²) in [6.45, 7) is 6.00. The van der Waals surface area contributed by atoms with E-state index in [9.17, 15) is 0 Å². The first-order valence-electron chi connectivity index (χ1n) is 7.75. The Labute approximate surface area is 130 Å². The second-order valence-corrected chi connectivity index (χ2v) is 6.67. The first-order chi connectivity index (χ1) is 10.3. The smallest absolute Gasteiger partial charge is 0.166 e. The van der Waals surface area contributed by atoms with Crippen molar-refractivity contribution in [1.82, 2.24) is 15.3 Å². The van der Waals surface area contributed by atoms with Crippen LogP contribution in [0.3, 0.4) is 0 Å². The second kappa shape index (κ2) is 6.71. The van der Waals surface area contributed by atoms with Crippen LogP contribution in [0.25, 0.3) is 11.0 Å². The lowest BCUT2D eigenvalue weighted by atomic mass is 10.2. The Morgan fingerprint density at radius 1 is 1.48 bits per heavy atom. The van der Waals surface area contributed by atoms with Gasteiger partial charge in [0.1, 0.15) is 5.75 Å². The number of nitrogens with zero attached hydrogens (tertiary/aromatic N) is 1. The van der Waals surface area contributed by atoms with Crippen molar-refractivity contribution < 1.29 is 4.74 Å². The minimum Gasteiger partial charge on any atom is -0.494 e. The van der Waals surface area contributed by atoms with Crippen LogP contribution >= 0.6 is 11.8 Å². The van der Waals surface area contributed by atoms with Gasteiger partial charge in [-0.1, -0.05) is 11.8 Å². The van der Waals surface area contributed by atoms with Crippen LogP contribution in [0.2, 0.25) is 0 Å². The Morgan fingerprint density at radius 3 is 3.10 bits per heavy atom. The van der Waals surface area contributed by atoms with Gasteiger partial charge in [0.2, 0.25) is 0 Å². The molecule has 1 heterocycles. The lowest BCUT2D eigenvalue weighted by molar-refractivity contribution is 0.340. The Kier molecular flexibility index (Phi) is 4.70. The van der Waals surface area contributed by atoms with E-state index in [-0.39, 0.29) is 0 Å². The number of benzene rings is 1. The predicted molar refractivity (Wildman–Crippen MR) is 88.2 cm³/mol. The maximum absolute atomic E-state index is 5.51. The molecule has 0 spiro atoms. The number of H-pyrrole nitrogens is 1. The number of imidazole rings is 1. The Morgan fingerprint density at radius 2 is 2.33 bits per heavy atom. The number of nitrogens with one attached hydrogen (secondary N) is 2. The number of thioether (sulfide) groups is 1. The van der Waals surface area contributed by atoms with E-state index in [1.165, 1.54) is 12.8 Å². The minimum atomic E-state index is 0.662. The van der Waals surface area contributed by atoms with Crippen molar-refractivity contribution >= 4 is 22.8 Å². The number of aromatic nitrogens is 2. The van der Waals surface area contributed by atoms with Crippen molar-refractivity contribution in [2.75, 3.05) is 18.9 Å². The van der Waals surface area contributed by atoms with Crippen LogP contribution < -0.4 is 10.1 Å². The molecule has 2 N–H and O–H groups in total. The zero-order chi connectivity index (χ0) is 14.7. The van der Waals surface area contributed by atoms with Crippen LogP contribution in [0.4, 0.5) is 0 Å². The van der Waals surface area contributed by atoms with Gasteiger partial charge in [0, 0.05) is 24.4 Å². The van der Waals surface area contributed by atoms with Gasteiger partial charge in [0.25, 0.3) is 0 Å². The first kappa shape index (κ1) is 14.7. The van der Waals surface area contributed by atoms with E-state index < -0.39 is 0 Å². The number of hydrogen-bond acceptors (Lipinski definition) is 4. The molecule has 1 unspecified atom stereocenters. The molecule has 0 radical (unpaired) electrons. The second-order valence-electron chi connectivity index (χ2n) is 5.58. The average Bonchev–Trinajstić information content (AvgIpc) is 3.24. The molecule has 114 valence electrons. The molecule has 1 aromatic carbocycles. The Balaban J connectivity index is 1.51. The Hall–Kier alpha value is -1.20. The molecule has 0 aliphatic heterocycles. The highest BCUT2D eigenvalue weighted by Crippen LogP contribution is 2.32. The van der Waals surface area contributed by atoms with Crippen molar-refractivity contribution in [2.24, 2.45) is 5.92 Å². The molecule has 1 aliphatic rings. The fourth-order valence-corrected chi connectivity index (χ4v) is 3.25. The lowest BCUT2D eigenvalue weighted by Gasteiger charge is -2.11. The Bertz CT molecular complexity index is 594. The molecule has 4 nitrogen and oxygen atoms in total. The topological polar surface area (TPSA) is 49.9 Å². The number of aromatic amines is 1. The number of hydrogen-bond donors (Lipinski definition) is 2. The molecule has 0 amide bonds. The standard InChI is InChI=1S/C16H23N3OS/c1-3-20-13-6-7-14-15(10-13)19-16(18-14)21-9-8-17-11(2)12-4-5-12/h6-7,10-12,17H,3-5,8-9H2,1-2H3,(H,18,19). The molecule has 0 saturated heterocycles. The van der Waals surface area contributed by atoms with Crippen LogP contribution in [0.5, 0.6) is 5.75 Å². The van der Waals surface area contributed by atoms with E-state index in [2.05, 4.69) is 22.2 Å². The molecule has 1 fully saturated rings. The van der Waals surface area contributed by atoms with Gasteiger partial charge in [-0.2, -0.15) is 0 Å². The number of ether oxygens (including phenoxy) is 1. The van der Waals surface area contributed by atoms with Crippen LogP contribution in [-0.2, 0) is 0 Å². The zero-order valence-electron chi connectivity index (χ0n) is 12.7. The molecule has 3 rings (SSSR count). The third-order valence-electron chi connectivity index (χ3n) is 3.88. The molecule has 2 aromatic rings. The van der Waals surface area contributed by atoms with Gasteiger partial charge in [-0.25, -0.2) is 4.98 Å². The molecule has 0 bridgehead atoms. The van der Waals surface area contributed by atoms with E-state index in [4.69, 9.17) is 4.74 Å². The van der Waals surface area contributed by atoms with Crippen LogP contribution in [0, 0.1) is 5.92 Å². The fourth-order valence-electron chi connectivity index (χ4n) is 2.49. The quantitative estimate of drug-likeness (QED) is 0.579. The normalized spacial score (nSPS) is 16.3. The maximum atomic E-state index is 5.51. The van der Waals surface area contributed by atoms with Crippen molar-refractivity contribution in [3.8, 4) is 5.75 Å². The molecular formula is C16H23N3OS. The van der Waals surface area contributed by atoms with Gasteiger partial charge in [-0.3, -0.25) is 0 Å². The predicted octanol–water partition coefficient (Wildman–Crippen LogP) is 3.44. The van der Waals surface area contributed by atoms with Crippen LogP contribution in [0.1, 0.15) is 26.7 Å². The summed E-state index contributed by atoms with van der Waals surface area (Å²) >= 11 is 1.77. The van der Waals surface area contributed by atoms with Crippen LogP contribution in [0.15, 0.2) is 23.4 Å². The highest BCUT2D eigenvalue weighted by molar-refractivity contribution is 7.99. The van der Waals surface area contributed by atoms with Crippen molar-refractivity contribution in [3.63, 3.8) is 0 Å². The van der Waals surface area contributed by atoms with Gasteiger partial charge in [-0.15, -0.1) is 0 Å². The van der Waals surface area contributed by atoms with Gasteiger partial charge in [-0.05, 0) is 44.7 Å². The molecule has 1 saturated carbocycles. The van der Waals surface area contributed by atoms with E-state index in [0.29, 0.717) is 12.6 Å². The molecule has 21 heavy (non-hydrogen) atoms. The summed E-state index contributed by atoms with van der Waals surface area (Å²) in [5.41, 5.74) is 2.04. The maximum Gasteiger partial charge on any atom is 0.166 e. The fraction of sp³-hybridized carbons (Fsp3) is 0.562. The van der Waals surface area contributed by atoms with Gasteiger partial charge in [0.05, 0.1) is 17.6 Å². The largest absolute Gasteiger partial charge is 0.494 e. The first-order valence-corrected chi connectivity index (χ1v) is 8.73. The highest BCUT2D eigenvalue weighted by Gasteiger charge is 2.27. The summed E-state index contributed by atoms with van der Waals surface area (Å²) < 4.78 is 5.51. The zero-order valence-corrected chi connectivity index (χ0v) is 13.5. The van der Waals surface area contributed by atoms with E-state index in [1.54, 1.807) is 11.8 Å². The summed E-state index contributed by atoms with van der Waals surface area (Å²) in [5, 5.41) is 4.58. The minimum absolute atomic E-state index is 0.662. The van der Waals surface area contributed by atoms with Gasteiger partial charge < -0.3 is 15.0 Å². The molecule has 1 aliphatic carbocycles. The van der Waals surface area contributed by atoms with Crippen molar-refractivity contribution in [1.29, 1.82) is 0 Å². The molecular weight excluding hydrogens is 282 g/mol. The monoisotopic (exact) mass is 305 g/mol. The summed E-state index contributed by atoms with van der Waals surface area (Å²) in [4.78, 5) is 7.96. The molecule has 1 atom stereocenters.